The zero-order valence-electron chi connectivity index (χ0n) is 17.5. The number of rotatable bonds is 4. The van der Waals surface area contributed by atoms with Crippen molar-refractivity contribution in [2.24, 2.45) is 0 Å². The first-order chi connectivity index (χ1) is 16.0. The Kier molecular flexibility index (Phi) is 5.90. The number of carbonyl (C=O) groups is 1. The fraction of sp³-hybridized carbons (Fsp3) is 0.136. The largest absolute Gasteiger partial charge is 0.434 e. The Bertz CT molecular complexity index is 1390. The first kappa shape index (κ1) is 23.4. The van der Waals surface area contributed by atoms with Gasteiger partial charge in [-0.05, 0) is 18.2 Å². The Balaban J connectivity index is 2.03. The molecule has 2 heterocycles. The predicted molar refractivity (Wildman–Crippen MR) is 112 cm³/mol. The summed E-state index contributed by atoms with van der Waals surface area (Å²) in [5, 5.41) is 7.05. The Hall–Kier alpha value is -3.73. The summed E-state index contributed by atoms with van der Waals surface area (Å²) in [5.74, 6) is -3.13. The second-order valence-electron chi connectivity index (χ2n) is 7.30. The molecule has 1 amide bonds. The average molecular weight is 497 g/mol. The van der Waals surface area contributed by atoms with E-state index in [4.69, 9.17) is 16.1 Å². The summed E-state index contributed by atoms with van der Waals surface area (Å²) in [6.07, 6.45) is -4.24. The third-order valence-electron chi connectivity index (χ3n) is 4.88. The van der Waals surface area contributed by atoms with Crippen molar-refractivity contribution in [1.82, 2.24) is 19.8 Å². The van der Waals surface area contributed by atoms with Crippen LogP contribution >= 0.6 is 11.6 Å². The van der Waals surface area contributed by atoms with Crippen LogP contribution < -0.4 is 0 Å². The van der Waals surface area contributed by atoms with Crippen LogP contribution in [0.15, 0.2) is 53.2 Å². The van der Waals surface area contributed by atoms with E-state index < -0.39 is 57.0 Å². The van der Waals surface area contributed by atoms with Gasteiger partial charge in [0.05, 0.1) is 16.8 Å². The van der Waals surface area contributed by atoms with E-state index in [0.29, 0.717) is 4.68 Å². The van der Waals surface area contributed by atoms with E-state index in [1.165, 1.54) is 38.4 Å². The quantitative estimate of drug-likeness (QED) is 0.333. The molecule has 4 rings (SSSR count). The first-order valence-corrected chi connectivity index (χ1v) is 9.96. The molecule has 34 heavy (non-hydrogen) atoms. The summed E-state index contributed by atoms with van der Waals surface area (Å²) in [6, 6.07) is 8.47. The van der Waals surface area contributed by atoms with Crippen LogP contribution in [0, 0.1) is 11.6 Å². The number of hydrogen-bond donors (Lipinski definition) is 0. The Morgan fingerprint density at radius 2 is 1.71 bits per heavy atom. The summed E-state index contributed by atoms with van der Waals surface area (Å²) in [4.78, 5) is 14.1. The molecule has 0 bridgehead atoms. The van der Waals surface area contributed by atoms with Gasteiger partial charge in [0.15, 0.2) is 11.5 Å². The number of benzene rings is 2. The highest BCUT2D eigenvalue weighted by molar-refractivity contribution is 6.33. The highest BCUT2D eigenvalue weighted by Gasteiger charge is 2.42. The minimum absolute atomic E-state index is 0.0584. The fourth-order valence-electron chi connectivity index (χ4n) is 3.36. The van der Waals surface area contributed by atoms with E-state index in [-0.39, 0.29) is 11.3 Å². The van der Waals surface area contributed by atoms with Crippen molar-refractivity contribution in [2.45, 2.75) is 6.18 Å². The van der Waals surface area contributed by atoms with Gasteiger partial charge in [-0.1, -0.05) is 41.0 Å². The maximum Gasteiger partial charge on any atom is 0.434 e. The van der Waals surface area contributed by atoms with Crippen LogP contribution in [0.5, 0.6) is 0 Å². The standard InChI is InChI=1S/C22H14ClF5N4O2/c1-31(2)21(33)16-18(11-6-5-8-14(25)17(11)23)30-34-19(16)12-10-29-32(20(12)22(26,27)28)15-9-4-3-7-13(15)24/h3-10H,1-2H3. The van der Waals surface area contributed by atoms with Crippen LogP contribution in [0.2, 0.25) is 5.02 Å². The van der Waals surface area contributed by atoms with Crippen molar-refractivity contribution < 1.29 is 31.3 Å². The van der Waals surface area contributed by atoms with E-state index in [2.05, 4.69) is 10.3 Å². The highest BCUT2D eigenvalue weighted by Crippen LogP contribution is 2.43. The molecule has 12 heteroatoms. The summed E-state index contributed by atoms with van der Waals surface area (Å²) in [7, 11) is 2.73. The third-order valence-corrected chi connectivity index (χ3v) is 5.27. The van der Waals surface area contributed by atoms with Crippen LogP contribution in [-0.2, 0) is 6.18 Å². The van der Waals surface area contributed by atoms with E-state index in [0.717, 1.165) is 29.3 Å². The van der Waals surface area contributed by atoms with Gasteiger partial charge in [0.2, 0.25) is 0 Å². The monoisotopic (exact) mass is 496 g/mol. The number of amides is 1. The van der Waals surface area contributed by atoms with Gasteiger partial charge in [-0.15, -0.1) is 0 Å². The van der Waals surface area contributed by atoms with Crippen molar-refractivity contribution in [2.75, 3.05) is 14.1 Å². The molecule has 2 aromatic carbocycles. The summed E-state index contributed by atoms with van der Waals surface area (Å²) < 4.78 is 76.4. The van der Waals surface area contributed by atoms with Crippen molar-refractivity contribution >= 4 is 17.5 Å². The third kappa shape index (κ3) is 3.92. The summed E-state index contributed by atoms with van der Waals surface area (Å²) in [6.45, 7) is 0. The van der Waals surface area contributed by atoms with Gasteiger partial charge < -0.3 is 9.42 Å². The molecule has 4 aromatic rings. The lowest BCUT2D eigenvalue weighted by Crippen LogP contribution is -2.23. The van der Waals surface area contributed by atoms with Crippen molar-refractivity contribution in [3.8, 4) is 28.3 Å². The topological polar surface area (TPSA) is 64.2 Å². The van der Waals surface area contributed by atoms with Gasteiger partial charge in [-0.25, -0.2) is 13.5 Å². The lowest BCUT2D eigenvalue weighted by atomic mass is 10.0. The van der Waals surface area contributed by atoms with Crippen molar-refractivity contribution in [3.05, 3.63) is 76.6 Å². The second kappa shape index (κ2) is 8.56. The zero-order valence-corrected chi connectivity index (χ0v) is 18.2. The van der Waals surface area contributed by atoms with Crippen LogP contribution in [0.1, 0.15) is 16.1 Å². The lowest BCUT2D eigenvalue weighted by molar-refractivity contribution is -0.142. The van der Waals surface area contributed by atoms with Gasteiger partial charge in [-0.2, -0.15) is 18.3 Å². The van der Waals surface area contributed by atoms with Gasteiger partial charge >= 0.3 is 6.18 Å². The van der Waals surface area contributed by atoms with Crippen LogP contribution in [0.4, 0.5) is 22.0 Å². The minimum Gasteiger partial charge on any atom is -0.355 e. The van der Waals surface area contributed by atoms with Crippen molar-refractivity contribution in [1.29, 1.82) is 0 Å². The molecule has 0 radical (unpaired) electrons. The molecular weight excluding hydrogens is 483 g/mol. The van der Waals surface area contributed by atoms with Gasteiger partial charge in [0, 0.05) is 19.7 Å². The fourth-order valence-corrected chi connectivity index (χ4v) is 3.58. The van der Waals surface area contributed by atoms with E-state index >= 15 is 0 Å². The number of halogens is 6. The zero-order chi connectivity index (χ0) is 24.8. The number of hydrogen-bond acceptors (Lipinski definition) is 4. The van der Waals surface area contributed by atoms with Gasteiger partial charge in [0.1, 0.15) is 28.6 Å². The van der Waals surface area contributed by atoms with E-state index in [1.807, 2.05) is 0 Å². The van der Waals surface area contributed by atoms with Gasteiger partial charge in [-0.3, -0.25) is 4.79 Å². The van der Waals surface area contributed by atoms with Crippen molar-refractivity contribution in [3.63, 3.8) is 0 Å². The number of nitrogens with zero attached hydrogens (tertiary/aromatic N) is 4. The smallest absolute Gasteiger partial charge is 0.355 e. The molecule has 0 saturated carbocycles. The molecule has 0 spiro atoms. The summed E-state index contributed by atoms with van der Waals surface area (Å²) in [5.41, 5.74) is -3.22. The maximum atomic E-state index is 14.3. The Morgan fingerprint density at radius 3 is 2.35 bits per heavy atom. The Labute approximate surface area is 194 Å². The van der Waals surface area contributed by atoms with Crippen LogP contribution in [0.3, 0.4) is 0 Å². The molecule has 6 nitrogen and oxygen atoms in total. The highest BCUT2D eigenvalue weighted by atomic mass is 35.5. The van der Waals surface area contributed by atoms with Crippen LogP contribution in [-0.4, -0.2) is 39.8 Å². The number of carbonyl (C=O) groups excluding carboxylic acids is 1. The molecule has 0 aliphatic rings. The molecule has 0 aliphatic carbocycles. The first-order valence-electron chi connectivity index (χ1n) is 9.58. The SMILES string of the molecule is CN(C)C(=O)c1c(-c2cccc(F)c2Cl)noc1-c1cnn(-c2ccccc2F)c1C(F)(F)F. The predicted octanol–water partition coefficient (Wildman–Crippen LogP) is 5.85. The number of aromatic nitrogens is 3. The molecule has 0 N–H and O–H groups in total. The molecular formula is C22H14ClF5N4O2. The Morgan fingerprint density at radius 1 is 1.03 bits per heavy atom. The number of para-hydroxylation sites is 1. The molecule has 176 valence electrons. The molecule has 0 fully saturated rings. The average Bonchev–Trinajstić information content (AvgIpc) is 3.39. The summed E-state index contributed by atoms with van der Waals surface area (Å²) >= 11 is 6.02. The van der Waals surface area contributed by atoms with Crippen LogP contribution in [0.25, 0.3) is 28.3 Å². The molecule has 0 unspecified atom stereocenters. The lowest BCUT2D eigenvalue weighted by Gasteiger charge is -2.14. The minimum atomic E-state index is -5.03. The normalized spacial score (nSPS) is 11.6. The molecule has 0 saturated heterocycles. The molecule has 0 atom stereocenters. The van der Waals surface area contributed by atoms with E-state index in [1.54, 1.807) is 0 Å². The molecule has 0 aliphatic heterocycles. The number of alkyl halides is 3. The molecule has 2 aromatic heterocycles. The van der Waals surface area contributed by atoms with Gasteiger partial charge in [0.25, 0.3) is 5.91 Å². The van der Waals surface area contributed by atoms with E-state index in [9.17, 15) is 26.7 Å². The maximum absolute atomic E-state index is 14.3. The second-order valence-corrected chi connectivity index (χ2v) is 7.68.